The molecular formula is C18H25N3OS. The van der Waals surface area contributed by atoms with E-state index >= 15 is 0 Å². The van der Waals surface area contributed by atoms with Crippen molar-refractivity contribution in [1.82, 2.24) is 9.88 Å². The van der Waals surface area contributed by atoms with Crippen molar-refractivity contribution in [2.75, 3.05) is 44.3 Å². The molecule has 0 spiro atoms. The lowest BCUT2D eigenvalue weighted by atomic mass is 10.1. The number of rotatable bonds is 2. The fourth-order valence-electron chi connectivity index (χ4n) is 3.82. The molecule has 0 unspecified atom stereocenters. The zero-order valence-electron chi connectivity index (χ0n) is 14.0. The van der Waals surface area contributed by atoms with Crippen LogP contribution in [0.15, 0.2) is 12.1 Å². The highest BCUT2D eigenvalue weighted by molar-refractivity contribution is 7.22. The summed E-state index contributed by atoms with van der Waals surface area (Å²) in [5.41, 5.74) is 3.81. The predicted molar refractivity (Wildman–Crippen MR) is 96.7 cm³/mol. The van der Waals surface area contributed by atoms with E-state index in [-0.39, 0.29) is 0 Å². The van der Waals surface area contributed by atoms with E-state index in [4.69, 9.17) is 9.72 Å². The lowest BCUT2D eigenvalue weighted by Crippen LogP contribution is -2.51. The molecule has 4 rings (SSSR count). The Balaban J connectivity index is 1.46. The summed E-state index contributed by atoms with van der Waals surface area (Å²) in [6, 6.07) is 5.22. The summed E-state index contributed by atoms with van der Waals surface area (Å²) in [7, 11) is 0. The van der Waals surface area contributed by atoms with Crippen LogP contribution in [0, 0.1) is 13.8 Å². The topological polar surface area (TPSA) is 28.6 Å². The Hall–Kier alpha value is -1.17. The summed E-state index contributed by atoms with van der Waals surface area (Å²) in [6.07, 6.45) is 2.39. The van der Waals surface area contributed by atoms with Crippen molar-refractivity contribution in [2.45, 2.75) is 32.7 Å². The highest BCUT2D eigenvalue weighted by Gasteiger charge is 2.26. The largest absolute Gasteiger partial charge is 0.381 e. The van der Waals surface area contributed by atoms with Crippen LogP contribution in [-0.4, -0.2) is 55.3 Å². The number of ether oxygens (including phenoxy) is 1. The predicted octanol–water partition coefficient (Wildman–Crippen LogP) is 3.21. The SMILES string of the molecule is Cc1cc(C)c2nc(N3CCN(C4CCOCC4)CC3)sc2c1. The zero-order chi connectivity index (χ0) is 15.8. The molecule has 3 heterocycles. The van der Waals surface area contributed by atoms with Crippen LogP contribution >= 0.6 is 11.3 Å². The molecule has 0 radical (unpaired) electrons. The van der Waals surface area contributed by atoms with Gasteiger partial charge in [0.25, 0.3) is 0 Å². The monoisotopic (exact) mass is 331 g/mol. The molecule has 4 nitrogen and oxygen atoms in total. The summed E-state index contributed by atoms with van der Waals surface area (Å²) >= 11 is 1.85. The molecule has 0 aliphatic carbocycles. The van der Waals surface area contributed by atoms with Crippen LogP contribution in [0.25, 0.3) is 10.2 Å². The molecule has 1 aromatic carbocycles. The number of aryl methyl sites for hydroxylation is 2. The fourth-order valence-corrected chi connectivity index (χ4v) is 5.02. The second-order valence-electron chi connectivity index (χ2n) is 6.79. The van der Waals surface area contributed by atoms with E-state index in [0.29, 0.717) is 0 Å². The minimum Gasteiger partial charge on any atom is -0.381 e. The third-order valence-electron chi connectivity index (χ3n) is 5.11. The van der Waals surface area contributed by atoms with Crippen LogP contribution in [-0.2, 0) is 4.74 Å². The van der Waals surface area contributed by atoms with E-state index in [1.807, 2.05) is 11.3 Å². The van der Waals surface area contributed by atoms with Crippen molar-refractivity contribution >= 4 is 26.7 Å². The van der Waals surface area contributed by atoms with Gasteiger partial charge in [-0.15, -0.1) is 0 Å². The molecule has 0 N–H and O–H groups in total. The van der Waals surface area contributed by atoms with Gasteiger partial charge in [0.15, 0.2) is 5.13 Å². The fraction of sp³-hybridized carbons (Fsp3) is 0.611. The van der Waals surface area contributed by atoms with Gasteiger partial charge in [-0.1, -0.05) is 17.4 Å². The number of aromatic nitrogens is 1. The van der Waals surface area contributed by atoms with Crippen molar-refractivity contribution < 1.29 is 4.74 Å². The molecule has 2 aliphatic rings. The normalized spacial score (nSPS) is 21.2. The summed E-state index contributed by atoms with van der Waals surface area (Å²) in [6.45, 7) is 10.7. The minimum atomic E-state index is 0.728. The maximum Gasteiger partial charge on any atom is 0.186 e. The van der Waals surface area contributed by atoms with E-state index in [1.54, 1.807) is 0 Å². The summed E-state index contributed by atoms with van der Waals surface area (Å²) in [5, 5.41) is 1.19. The van der Waals surface area contributed by atoms with Crippen LogP contribution < -0.4 is 4.90 Å². The number of nitrogens with zero attached hydrogens (tertiary/aromatic N) is 3. The van der Waals surface area contributed by atoms with Crippen molar-refractivity contribution in [3.05, 3.63) is 23.3 Å². The third kappa shape index (κ3) is 3.10. The van der Waals surface area contributed by atoms with Gasteiger partial charge in [-0.3, -0.25) is 4.90 Å². The van der Waals surface area contributed by atoms with E-state index in [9.17, 15) is 0 Å². The molecule has 0 amide bonds. The van der Waals surface area contributed by atoms with Crippen LogP contribution in [0.2, 0.25) is 0 Å². The average molecular weight is 331 g/mol. The third-order valence-corrected chi connectivity index (χ3v) is 6.17. The minimum absolute atomic E-state index is 0.728. The number of hydrogen-bond acceptors (Lipinski definition) is 5. The van der Waals surface area contributed by atoms with Gasteiger partial charge in [-0.2, -0.15) is 0 Å². The first kappa shape index (κ1) is 15.4. The van der Waals surface area contributed by atoms with Gasteiger partial charge in [0.05, 0.1) is 10.2 Å². The number of fused-ring (bicyclic) bond motifs is 1. The average Bonchev–Trinajstić information content (AvgIpc) is 3.00. The number of hydrogen-bond donors (Lipinski definition) is 0. The first-order valence-corrected chi connectivity index (χ1v) is 9.47. The summed E-state index contributed by atoms with van der Waals surface area (Å²) in [5.74, 6) is 0. The molecule has 2 saturated heterocycles. The lowest BCUT2D eigenvalue weighted by Gasteiger charge is -2.40. The number of benzene rings is 1. The Kier molecular flexibility index (Phi) is 4.26. The zero-order valence-corrected chi connectivity index (χ0v) is 14.9. The maximum absolute atomic E-state index is 5.49. The van der Waals surface area contributed by atoms with Crippen molar-refractivity contribution in [3.8, 4) is 0 Å². The van der Waals surface area contributed by atoms with E-state index < -0.39 is 0 Å². The molecule has 23 heavy (non-hydrogen) atoms. The standard InChI is InChI=1S/C18H25N3OS/c1-13-11-14(2)17-16(12-13)23-18(19-17)21-7-5-20(6-8-21)15-3-9-22-10-4-15/h11-12,15H,3-10H2,1-2H3. The first-order chi connectivity index (χ1) is 11.2. The van der Waals surface area contributed by atoms with Gasteiger partial charge in [0.2, 0.25) is 0 Å². The molecule has 0 saturated carbocycles. The molecule has 0 bridgehead atoms. The quantitative estimate of drug-likeness (QED) is 0.845. The Labute approximate surface area is 142 Å². The number of thiazole rings is 1. The van der Waals surface area contributed by atoms with Crippen LogP contribution in [0.4, 0.5) is 5.13 Å². The molecular weight excluding hydrogens is 306 g/mol. The van der Waals surface area contributed by atoms with Gasteiger partial charge < -0.3 is 9.64 Å². The molecule has 2 fully saturated rings. The Morgan fingerprint density at radius 3 is 2.57 bits per heavy atom. The van der Waals surface area contributed by atoms with Gasteiger partial charge >= 0.3 is 0 Å². The maximum atomic E-state index is 5.49. The van der Waals surface area contributed by atoms with Gasteiger partial charge in [-0.25, -0.2) is 4.98 Å². The lowest BCUT2D eigenvalue weighted by molar-refractivity contribution is 0.0321. The second-order valence-corrected chi connectivity index (χ2v) is 7.80. The molecule has 124 valence electrons. The van der Waals surface area contributed by atoms with Gasteiger partial charge in [0.1, 0.15) is 0 Å². The van der Waals surface area contributed by atoms with Crippen molar-refractivity contribution in [1.29, 1.82) is 0 Å². The molecule has 1 aromatic heterocycles. The molecule has 2 aromatic rings. The Morgan fingerprint density at radius 1 is 1.09 bits per heavy atom. The molecule has 2 aliphatic heterocycles. The number of anilines is 1. The van der Waals surface area contributed by atoms with Crippen LogP contribution in [0.3, 0.4) is 0 Å². The Morgan fingerprint density at radius 2 is 1.83 bits per heavy atom. The number of piperazine rings is 1. The van der Waals surface area contributed by atoms with Crippen LogP contribution in [0.1, 0.15) is 24.0 Å². The smallest absolute Gasteiger partial charge is 0.186 e. The molecule has 5 heteroatoms. The summed E-state index contributed by atoms with van der Waals surface area (Å²) in [4.78, 5) is 10.0. The van der Waals surface area contributed by atoms with E-state index in [2.05, 4.69) is 35.8 Å². The van der Waals surface area contributed by atoms with E-state index in [1.165, 1.54) is 39.3 Å². The van der Waals surface area contributed by atoms with Crippen molar-refractivity contribution in [3.63, 3.8) is 0 Å². The highest BCUT2D eigenvalue weighted by Crippen LogP contribution is 2.32. The van der Waals surface area contributed by atoms with Crippen molar-refractivity contribution in [2.24, 2.45) is 0 Å². The van der Waals surface area contributed by atoms with Crippen LogP contribution in [0.5, 0.6) is 0 Å². The second kappa shape index (κ2) is 6.38. The van der Waals surface area contributed by atoms with Gasteiger partial charge in [0, 0.05) is 45.4 Å². The van der Waals surface area contributed by atoms with E-state index in [0.717, 1.165) is 45.4 Å². The van der Waals surface area contributed by atoms with Gasteiger partial charge in [-0.05, 0) is 43.9 Å². The molecule has 0 atom stereocenters. The highest BCUT2D eigenvalue weighted by atomic mass is 32.1. The summed E-state index contributed by atoms with van der Waals surface area (Å²) < 4.78 is 6.81. The Bertz CT molecular complexity index is 685. The first-order valence-electron chi connectivity index (χ1n) is 8.65.